The van der Waals surface area contributed by atoms with Crippen molar-refractivity contribution in [3.05, 3.63) is 36.4 Å². The van der Waals surface area contributed by atoms with Gasteiger partial charge in [-0.1, -0.05) is 6.07 Å². The third kappa shape index (κ3) is 7.96. The third-order valence-corrected chi connectivity index (χ3v) is 2.56. The Morgan fingerprint density at radius 1 is 1.30 bits per heavy atom. The average molecular weight is 336 g/mol. The Labute approximate surface area is 140 Å². The third-order valence-electron chi connectivity index (χ3n) is 2.36. The molecule has 0 aliphatic carbocycles. The maximum Gasteiger partial charge on any atom is 0.330 e. The maximum absolute atomic E-state index is 11.6. The molecular weight excluding hydrogens is 316 g/mol. The molecule has 1 aromatic rings. The lowest BCUT2D eigenvalue weighted by molar-refractivity contribution is -0.137. The molecular formula is C16H20N2O4S. The Bertz CT molecular complexity index is 599. The van der Waals surface area contributed by atoms with Gasteiger partial charge in [0.25, 0.3) is 0 Å². The van der Waals surface area contributed by atoms with E-state index < -0.39 is 11.9 Å². The van der Waals surface area contributed by atoms with Crippen molar-refractivity contribution in [2.24, 2.45) is 0 Å². The minimum absolute atomic E-state index is 0.0601. The number of benzene rings is 1. The van der Waals surface area contributed by atoms with E-state index in [1.54, 1.807) is 19.1 Å². The molecule has 0 saturated heterocycles. The van der Waals surface area contributed by atoms with Crippen LogP contribution in [-0.4, -0.2) is 29.7 Å². The second-order valence-electron chi connectivity index (χ2n) is 4.72. The van der Waals surface area contributed by atoms with E-state index in [1.165, 1.54) is 0 Å². The molecule has 2 N–H and O–H groups in total. The number of thiocarbonyl (C=S) groups is 1. The van der Waals surface area contributed by atoms with Gasteiger partial charge in [0.15, 0.2) is 5.11 Å². The van der Waals surface area contributed by atoms with Crippen LogP contribution in [0.2, 0.25) is 0 Å². The summed E-state index contributed by atoms with van der Waals surface area (Å²) < 4.78 is 10.2. The van der Waals surface area contributed by atoms with Crippen LogP contribution in [-0.2, 0) is 14.3 Å². The van der Waals surface area contributed by atoms with Gasteiger partial charge in [0, 0.05) is 23.9 Å². The number of ether oxygens (including phenoxy) is 2. The second-order valence-corrected chi connectivity index (χ2v) is 5.13. The Balaban J connectivity index is 2.53. The monoisotopic (exact) mass is 336 g/mol. The topological polar surface area (TPSA) is 76.7 Å². The van der Waals surface area contributed by atoms with Gasteiger partial charge in [-0.15, -0.1) is 0 Å². The first-order valence-electron chi connectivity index (χ1n) is 7.14. The highest BCUT2D eigenvalue weighted by Gasteiger charge is 2.04. The molecule has 1 rings (SSSR count). The molecule has 0 heterocycles. The number of anilines is 1. The van der Waals surface area contributed by atoms with Gasteiger partial charge in [-0.25, -0.2) is 4.79 Å². The van der Waals surface area contributed by atoms with E-state index in [0.717, 1.165) is 12.2 Å². The summed E-state index contributed by atoms with van der Waals surface area (Å²) in [6.45, 7) is 5.79. The van der Waals surface area contributed by atoms with Gasteiger partial charge in [0.1, 0.15) is 5.75 Å². The van der Waals surface area contributed by atoms with Crippen LogP contribution < -0.4 is 15.4 Å². The summed E-state index contributed by atoms with van der Waals surface area (Å²) in [6, 6.07) is 7.20. The first-order valence-corrected chi connectivity index (χ1v) is 7.55. The van der Waals surface area contributed by atoms with E-state index in [0.29, 0.717) is 11.4 Å². The van der Waals surface area contributed by atoms with E-state index in [2.05, 4.69) is 15.4 Å². The van der Waals surface area contributed by atoms with E-state index in [4.69, 9.17) is 17.0 Å². The lowest BCUT2D eigenvalue weighted by Gasteiger charge is -2.12. The summed E-state index contributed by atoms with van der Waals surface area (Å²) in [5.41, 5.74) is 0.683. The van der Waals surface area contributed by atoms with Crippen molar-refractivity contribution >= 4 is 34.9 Å². The SMILES string of the molecule is CCOC(=O)/C=C/C(=O)NC(=S)Nc1cccc(OC(C)C)c1. The first kappa shape index (κ1) is 18.6. The summed E-state index contributed by atoms with van der Waals surface area (Å²) in [5.74, 6) is -0.411. The minimum atomic E-state index is -0.583. The molecule has 0 aliphatic heterocycles. The normalized spacial score (nSPS) is 10.4. The summed E-state index contributed by atoms with van der Waals surface area (Å²) in [7, 11) is 0. The molecule has 0 unspecified atom stereocenters. The number of carbonyl (C=O) groups is 2. The molecule has 23 heavy (non-hydrogen) atoms. The molecule has 1 amide bonds. The predicted molar refractivity (Wildman–Crippen MR) is 92.3 cm³/mol. The molecule has 0 atom stereocenters. The standard InChI is InChI=1S/C16H20N2O4S/c1-4-21-15(20)9-8-14(19)18-16(23)17-12-6-5-7-13(10-12)22-11(2)3/h5-11H,4H2,1-3H3,(H2,17,18,19,23)/b9-8+. The van der Waals surface area contributed by atoms with Crippen LogP contribution in [0, 0.1) is 0 Å². The van der Waals surface area contributed by atoms with Crippen molar-refractivity contribution in [1.29, 1.82) is 0 Å². The maximum atomic E-state index is 11.6. The Morgan fingerprint density at radius 2 is 2.04 bits per heavy atom. The largest absolute Gasteiger partial charge is 0.491 e. The highest BCUT2D eigenvalue weighted by atomic mass is 32.1. The van der Waals surface area contributed by atoms with Crippen LogP contribution in [0.3, 0.4) is 0 Å². The molecule has 0 fully saturated rings. The molecule has 0 aliphatic rings. The average Bonchev–Trinajstić information content (AvgIpc) is 2.45. The van der Waals surface area contributed by atoms with Crippen LogP contribution >= 0.6 is 12.2 Å². The first-order chi connectivity index (χ1) is 10.9. The van der Waals surface area contributed by atoms with Gasteiger partial charge < -0.3 is 14.8 Å². The van der Waals surface area contributed by atoms with Gasteiger partial charge in [0.2, 0.25) is 5.91 Å². The van der Waals surface area contributed by atoms with Crippen LogP contribution in [0.1, 0.15) is 20.8 Å². The molecule has 0 bridgehead atoms. The highest BCUT2D eigenvalue weighted by Crippen LogP contribution is 2.18. The van der Waals surface area contributed by atoms with Crippen molar-refractivity contribution in [3.63, 3.8) is 0 Å². The minimum Gasteiger partial charge on any atom is -0.491 e. The van der Waals surface area contributed by atoms with Gasteiger partial charge in [-0.2, -0.15) is 0 Å². The fraction of sp³-hybridized carbons (Fsp3) is 0.312. The zero-order chi connectivity index (χ0) is 17.2. The fourth-order valence-electron chi connectivity index (χ4n) is 1.57. The van der Waals surface area contributed by atoms with E-state index in [9.17, 15) is 9.59 Å². The number of hydrogen-bond donors (Lipinski definition) is 2. The van der Waals surface area contributed by atoms with E-state index in [-0.39, 0.29) is 17.8 Å². The number of amides is 1. The molecule has 0 aromatic heterocycles. The number of nitrogens with one attached hydrogen (secondary N) is 2. The van der Waals surface area contributed by atoms with Crippen molar-refractivity contribution in [2.45, 2.75) is 26.9 Å². The van der Waals surface area contributed by atoms with Gasteiger partial charge in [0.05, 0.1) is 12.7 Å². The molecule has 124 valence electrons. The van der Waals surface area contributed by atoms with E-state index >= 15 is 0 Å². The number of carbonyl (C=O) groups excluding carboxylic acids is 2. The van der Waals surface area contributed by atoms with Gasteiger partial charge >= 0.3 is 5.97 Å². The molecule has 7 heteroatoms. The Hall–Kier alpha value is -2.41. The fourth-order valence-corrected chi connectivity index (χ4v) is 1.79. The number of rotatable bonds is 6. The van der Waals surface area contributed by atoms with Crippen molar-refractivity contribution < 1.29 is 19.1 Å². The zero-order valence-electron chi connectivity index (χ0n) is 13.3. The quantitative estimate of drug-likeness (QED) is 0.472. The van der Waals surface area contributed by atoms with Crippen molar-refractivity contribution in [3.8, 4) is 5.75 Å². The van der Waals surface area contributed by atoms with Crippen LogP contribution in [0.5, 0.6) is 5.75 Å². The predicted octanol–water partition coefficient (Wildman–Crippen LogP) is 2.41. The molecule has 1 aromatic carbocycles. The van der Waals surface area contributed by atoms with Gasteiger partial charge in [-0.3, -0.25) is 10.1 Å². The van der Waals surface area contributed by atoms with Gasteiger partial charge in [-0.05, 0) is 45.1 Å². The summed E-state index contributed by atoms with van der Waals surface area (Å²) in [5, 5.41) is 5.42. The lowest BCUT2D eigenvalue weighted by atomic mass is 10.3. The molecule has 6 nitrogen and oxygen atoms in total. The smallest absolute Gasteiger partial charge is 0.330 e. The lowest BCUT2D eigenvalue weighted by Crippen LogP contribution is -2.33. The number of hydrogen-bond acceptors (Lipinski definition) is 5. The summed E-state index contributed by atoms with van der Waals surface area (Å²) in [4.78, 5) is 22.7. The van der Waals surface area contributed by atoms with Crippen LogP contribution in [0.4, 0.5) is 5.69 Å². The summed E-state index contributed by atoms with van der Waals surface area (Å²) >= 11 is 5.04. The molecule has 0 spiro atoms. The Morgan fingerprint density at radius 3 is 2.70 bits per heavy atom. The summed E-state index contributed by atoms with van der Waals surface area (Å²) in [6.07, 6.45) is 2.16. The van der Waals surface area contributed by atoms with Crippen LogP contribution in [0.15, 0.2) is 36.4 Å². The number of esters is 1. The second kappa shape index (κ2) is 9.58. The highest BCUT2D eigenvalue weighted by molar-refractivity contribution is 7.80. The van der Waals surface area contributed by atoms with E-state index in [1.807, 2.05) is 26.0 Å². The van der Waals surface area contributed by atoms with Crippen molar-refractivity contribution in [2.75, 3.05) is 11.9 Å². The molecule has 0 saturated carbocycles. The van der Waals surface area contributed by atoms with Crippen LogP contribution in [0.25, 0.3) is 0 Å². The Kier molecular flexibility index (Phi) is 7.76. The molecule has 0 radical (unpaired) electrons. The zero-order valence-corrected chi connectivity index (χ0v) is 14.1. The van der Waals surface area contributed by atoms with Crippen molar-refractivity contribution in [1.82, 2.24) is 5.32 Å².